The summed E-state index contributed by atoms with van der Waals surface area (Å²) in [6.45, 7) is 0. The van der Waals surface area contributed by atoms with Gasteiger partial charge in [-0.1, -0.05) is 5.92 Å². The van der Waals surface area contributed by atoms with Crippen molar-refractivity contribution in [1.82, 2.24) is 0 Å². The zero-order chi connectivity index (χ0) is 10.0. The summed E-state index contributed by atoms with van der Waals surface area (Å²) < 4.78 is 37.8. The molecule has 0 saturated heterocycles. The molecule has 0 aliphatic heterocycles. The Hall–Kier alpha value is -1.47. The van der Waals surface area contributed by atoms with E-state index in [1.165, 1.54) is 0 Å². The van der Waals surface area contributed by atoms with Crippen molar-refractivity contribution in [1.29, 1.82) is 0 Å². The topological polar surface area (TPSA) is 20.2 Å². The van der Waals surface area contributed by atoms with Crippen LogP contribution in [0, 0.1) is 29.8 Å². The summed E-state index contributed by atoms with van der Waals surface area (Å²) in [7, 11) is 0. The van der Waals surface area contributed by atoms with Gasteiger partial charge >= 0.3 is 0 Å². The van der Waals surface area contributed by atoms with Gasteiger partial charge in [0, 0.05) is 5.56 Å². The molecule has 0 aliphatic carbocycles. The van der Waals surface area contributed by atoms with Crippen LogP contribution in [0.3, 0.4) is 0 Å². The molecule has 1 nitrogen and oxygen atoms in total. The van der Waals surface area contributed by atoms with Gasteiger partial charge in [0.15, 0.2) is 17.5 Å². The van der Waals surface area contributed by atoms with Crippen LogP contribution >= 0.6 is 0 Å². The number of aliphatic hydroxyl groups excluding tert-OH is 1. The molecule has 4 heteroatoms. The van der Waals surface area contributed by atoms with Gasteiger partial charge in [-0.3, -0.25) is 0 Å². The number of hydrogen-bond donors (Lipinski definition) is 1. The summed E-state index contributed by atoms with van der Waals surface area (Å²) in [6, 6.07) is 1.60. The molecular weight excluding hydrogens is 181 g/mol. The Morgan fingerprint density at radius 2 is 1.85 bits per heavy atom. The highest BCUT2D eigenvalue weighted by molar-refractivity contribution is 5.26. The summed E-state index contributed by atoms with van der Waals surface area (Å²) in [6.07, 6.45) is 3.22. The average molecular weight is 186 g/mol. The van der Waals surface area contributed by atoms with E-state index in [0.717, 1.165) is 6.07 Å². The SMILES string of the molecule is C#C[C@H](O)c1ccc(F)c(F)c1F. The van der Waals surface area contributed by atoms with Crippen LogP contribution in [0.5, 0.6) is 0 Å². The Morgan fingerprint density at radius 1 is 1.23 bits per heavy atom. The van der Waals surface area contributed by atoms with E-state index in [0.29, 0.717) is 6.07 Å². The van der Waals surface area contributed by atoms with Crippen LogP contribution in [0.2, 0.25) is 0 Å². The lowest BCUT2D eigenvalue weighted by Crippen LogP contribution is -2.02. The molecule has 68 valence electrons. The fraction of sp³-hybridized carbons (Fsp3) is 0.111. The third-order valence-electron chi connectivity index (χ3n) is 1.52. The van der Waals surface area contributed by atoms with E-state index in [1.807, 2.05) is 0 Å². The Bertz CT molecular complexity index is 368. The lowest BCUT2D eigenvalue weighted by molar-refractivity contribution is 0.230. The standard InChI is InChI=1S/C9H5F3O/c1-2-7(13)5-3-4-6(10)9(12)8(5)11/h1,3-4,7,13H/t7-/m0/s1. The predicted octanol–water partition coefficient (Wildman–Crippen LogP) is 1.77. The molecule has 1 atom stereocenters. The summed E-state index contributed by atoms with van der Waals surface area (Å²) in [4.78, 5) is 0. The molecule has 1 N–H and O–H groups in total. The van der Waals surface area contributed by atoms with Gasteiger partial charge in [0.1, 0.15) is 6.10 Å². The van der Waals surface area contributed by atoms with Crippen molar-refractivity contribution in [3.05, 3.63) is 35.1 Å². The number of benzene rings is 1. The van der Waals surface area contributed by atoms with Crippen LogP contribution in [-0.2, 0) is 0 Å². The van der Waals surface area contributed by atoms with E-state index in [4.69, 9.17) is 11.5 Å². The molecule has 0 saturated carbocycles. The van der Waals surface area contributed by atoms with Gasteiger partial charge in [-0.05, 0) is 12.1 Å². The largest absolute Gasteiger partial charge is 0.376 e. The summed E-state index contributed by atoms with van der Waals surface area (Å²) in [5, 5.41) is 8.96. The van der Waals surface area contributed by atoms with E-state index in [-0.39, 0.29) is 0 Å². The highest BCUT2D eigenvalue weighted by Crippen LogP contribution is 2.20. The predicted molar refractivity (Wildman–Crippen MR) is 40.1 cm³/mol. The first kappa shape index (κ1) is 9.62. The van der Waals surface area contributed by atoms with Crippen molar-refractivity contribution in [2.24, 2.45) is 0 Å². The normalized spacial score (nSPS) is 12.2. The van der Waals surface area contributed by atoms with E-state index in [2.05, 4.69) is 0 Å². The highest BCUT2D eigenvalue weighted by atomic mass is 19.2. The Labute approximate surface area is 72.8 Å². The second-order valence-corrected chi connectivity index (χ2v) is 2.33. The maximum absolute atomic E-state index is 12.8. The van der Waals surface area contributed by atoms with E-state index in [1.54, 1.807) is 5.92 Å². The van der Waals surface area contributed by atoms with E-state index in [9.17, 15) is 13.2 Å². The van der Waals surface area contributed by atoms with Gasteiger partial charge in [0.05, 0.1) is 0 Å². The molecule has 0 aliphatic rings. The number of halogens is 3. The second-order valence-electron chi connectivity index (χ2n) is 2.33. The van der Waals surface area contributed by atoms with Gasteiger partial charge in [-0.15, -0.1) is 6.42 Å². The molecule has 0 amide bonds. The zero-order valence-electron chi connectivity index (χ0n) is 6.39. The minimum atomic E-state index is -1.63. The third-order valence-corrected chi connectivity index (χ3v) is 1.52. The Balaban J connectivity index is 3.28. The van der Waals surface area contributed by atoms with Crippen LogP contribution in [0.15, 0.2) is 12.1 Å². The molecule has 0 spiro atoms. The van der Waals surface area contributed by atoms with Gasteiger partial charge in [-0.25, -0.2) is 13.2 Å². The maximum Gasteiger partial charge on any atom is 0.194 e. The van der Waals surface area contributed by atoms with Crippen molar-refractivity contribution in [2.75, 3.05) is 0 Å². The van der Waals surface area contributed by atoms with Crippen LogP contribution in [0.4, 0.5) is 13.2 Å². The first-order valence-electron chi connectivity index (χ1n) is 3.35. The molecule has 0 bridgehead atoms. The zero-order valence-corrected chi connectivity index (χ0v) is 6.39. The lowest BCUT2D eigenvalue weighted by atomic mass is 10.1. The lowest BCUT2D eigenvalue weighted by Gasteiger charge is -2.05. The van der Waals surface area contributed by atoms with Crippen LogP contribution in [0.25, 0.3) is 0 Å². The highest BCUT2D eigenvalue weighted by Gasteiger charge is 2.17. The Kier molecular flexibility index (Phi) is 2.59. The number of rotatable bonds is 1. The fourth-order valence-corrected chi connectivity index (χ4v) is 0.842. The van der Waals surface area contributed by atoms with Gasteiger partial charge < -0.3 is 5.11 Å². The summed E-state index contributed by atoms with van der Waals surface area (Å²) in [5.41, 5.74) is -0.443. The van der Waals surface area contributed by atoms with Gasteiger partial charge in [-0.2, -0.15) is 0 Å². The fourth-order valence-electron chi connectivity index (χ4n) is 0.842. The molecular formula is C9H5F3O. The quantitative estimate of drug-likeness (QED) is 0.523. The van der Waals surface area contributed by atoms with Gasteiger partial charge in [0.25, 0.3) is 0 Å². The molecule has 0 unspecified atom stereocenters. The van der Waals surface area contributed by atoms with Crippen molar-refractivity contribution >= 4 is 0 Å². The summed E-state index contributed by atoms with van der Waals surface area (Å²) in [5.74, 6) is -2.61. The minimum absolute atomic E-state index is 0.443. The molecule has 1 aromatic carbocycles. The maximum atomic E-state index is 12.8. The number of hydrogen-bond acceptors (Lipinski definition) is 1. The molecule has 0 heterocycles. The second kappa shape index (κ2) is 3.50. The van der Waals surface area contributed by atoms with Crippen molar-refractivity contribution in [2.45, 2.75) is 6.10 Å². The van der Waals surface area contributed by atoms with Crippen molar-refractivity contribution in [3.8, 4) is 12.3 Å². The first-order valence-corrected chi connectivity index (χ1v) is 3.35. The molecule has 13 heavy (non-hydrogen) atoms. The van der Waals surface area contributed by atoms with Crippen LogP contribution in [0.1, 0.15) is 11.7 Å². The first-order chi connectivity index (χ1) is 6.07. The summed E-state index contributed by atoms with van der Waals surface area (Å²) >= 11 is 0. The van der Waals surface area contributed by atoms with E-state index >= 15 is 0 Å². The third kappa shape index (κ3) is 1.65. The van der Waals surface area contributed by atoms with E-state index < -0.39 is 29.1 Å². The smallest absolute Gasteiger partial charge is 0.194 e. The average Bonchev–Trinajstić information content (AvgIpc) is 2.13. The van der Waals surface area contributed by atoms with Crippen molar-refractivity contribution < 1.29 is 18.3 Å². The minimum Gasteiger partial charge on any atom is -0.376 e. The number of aliphatic hydroxyl groups is 1. The van der Waals surface area contributed by atoms with Crippen molar-refractivity contribution in [3.63, 3.8) is 0 Å². The molecule has 0 fully saturated rings. The molecule has 1 aromatic rings. The van der Waals surface area contributed by atoms with Crippen LogP contribution in [-0.4, -0.2) is 5.11 Å². The molecule has 0 aromatic heterocycles. The monoisotopic (exact) mass is 186 g/mol. The van der Waals surface area contributed by atoms with Crippen LogP contribution < -0.4 is 0 Å². The number of terminal acetylenes is 1. The van der Waals surface area contributed by atoms with Gasteiger partial charge in [0.2, 0.25) is 0 Å². The molecule has 1 rings (SSSR count). The molecule has 0 radical (unpaired) electrons. The Morgan fingerprint density at radius 3 is 2.38 bits per heavy atom.